The fraction of sp³-hybridized carbons (Fsp3) is 0.545. The van der Waals surface area contributed by atoms with E-state index in [-0.39, 0.29) is 17.8 Å². The maximum absolute atomic E-state index is 12.4. The Bertz CT molecular complexity index is 765. The first kappa shape index (κ1) is 18.7. The molecule has 0 bridgehead atoms. The first-order chi connectivity index (χ1) is 12.2. The number of esters is 1. The van der Waals surface area contributed by atoms with Crippen molar-refractivity contribution in [2.24, 2.45) is 11.3 Å². The molecule has 4 heteroatoms. The van der Waals surface area contributed by atoms with Gasteiger partial charge in [-0.25, -0.2) is 0 Å². The van der Waals surface area contributed by atoms with Crippen molar-refractivity contribution in [2.75, 3.05) is 7.11 Å². The average Bonchev–Trinajstić information content (AvgIpc) is 2.60. The van der Waals surface area contributed by atoms with E-state index in [4.69, 9.17) is 4.74 Å². The molecule has 26 heavy (non-hydrogen) atoms. The van der Waals surface area contributed by atoms with E-state index in [1.165, 1.54) is 18.2 Å². The number of benzene rings is 1. The van der Waals surface area contributed by atoms with Crippen LogP contribution >= 0.6 is 0 Å². The maximum Gasteiger partial charge on any atom is 0.310 e. The Balaban J connectivity index is 2.08. The molecule has 0 heterocycles. The number of hydrogen-bond donors (Lipinski definition) is 1. The molecule has 3 atom stereocenters. The molecule has 1 aromatic rings. The van der Waals surface area contributed by atoms with E-state index in [1.807, 2.05) is 6.92 Å². The summed E-state index contributed by atoms with van der Waals surface area (Å²) < 4.78 is 4.84. The zero-order valence-corrected chi connectivity index (χ0v) is 15.9. The quantitative estimate of drug-likeness (QED) is 0.814. The molecule has 0 aromatic heterocycles. The molecule has 0 unspecified atom stereocenters. The lowest BCUT2D eigenvalue weighted by Crippen LogP contribution is -2.54. The van der Waals surface area contributed by atoms with Gasteiger partial charge in [0.05, 0.1) is 18.9 Å². The van der Waals surface area contributed by atoms with Gasteiger partial charge in [-0.3, -0.25) is 9.59 Å². The third-order valence-electron chi connectivity index (χ3n) is 6.78. The van der Waals surface area contributed by atoms with E-state index in [0.29, 0.717) is 6.42 Å². The van der Waals surface area contributed by atoms with Crippen LogP contribution in [0.4, 0.5) is 0 Å². The number of aryl methyl sites for hydroxylation is 1. The van der Waals surface area contributed by atoms with Crippen LogP contribution in [0.15, 0.2) is 24.8 Å². The number of aliphatic carboxylic acids is 1. The summed E-state index contributed by atoms with van der Waals surface area (Å²) in [6.45, 7) is 8.22. The molecule has 1 aromatic carbocycles. The zero-order valence-electron chi connectivity index (χ0n) is 15.9. The molecule has 0 amide bonds. The van der Waals surface area contributed by atoms with E-state index < -0.39 is 17.4 Å². The van der Waals surface area contributed by atoms with Gasteiger partial charge in [0.1, 0.15) is 0 Å². The minimum Gasteiger partial charge on any atom is -0.481 e. The number of carbonyl (C=O) groups excluding carboxylic acids is 1. The van der Waals surface area contributed by atoms with Crippen LogP contribution in [-0.2, 0) is 26.2 Å². The largest absolute Gasteiger partial charge is 0.481 e. The van der Waals surface area contributed by atoms with Crippen LogP contribution in [0, 0.1) is 11.3 Å². The van der Waals surface area contributed by atoms with Gasteiger partial charge < -0.3 is 9.84 Å². The number of carbonyl (C=O) groups is 2. The molecule has 2 aliphatic carbocycles. The molecule has 0 saturated heterocycles. The highest BCUT2D eigenvalue weighted by Crippen LogP contribution is 2.58. The predicted octanol–water partition coefficient (Wildman–Crippen LogP) is 4.36. The van der Waals surface area contributed by atoms with E-state index in [2.05, 4.69) is 31.7 Å². The van der Waals surface area contributed by atoms with Crippen molar-refractivity contribution in [1.29, 1.82) is 0 Å². The Morgan fingerprint density at radius 2 is 2.08 bits per heavy atom. The van der Waals surface area contributed by atoms with E-state index in [0.717, 1.165) is 36.8 Å². The Morgan fingerprint density at radius 1 is 1.35 bits per heavy atom. The van der Waals surface area contributed by atoms with Crippen molar-refractivity contribution in [3.8, 4) is 0 Å². The maximum atomic E-state index is 12.4. The van der Waals surface area contributed by atoms with Gasteiger partial charge in [-0.05, 0) is 60.6 Å². The number of carboxylic acids is 1. The SMILES string of the molecule is C=C(C)c1ccc2c(c1)CC[C@H]1[C@](CC(=O)OC)(C(=O)O)CCC[C@]21C. The van der Waals surface area contributed by atoms with Crippen LogP contribution in [0.2, 0.25) is 0 Å². The molecule has 0 aliphatic heterocycles. The van der Waals surface area contributed by atoms with Crippen molar-refractivity contribution in [3.63, 3.8) is 0 Å². The van der Waals surface area contributed by atoms with Crippen molar-refractivity contribution in [3.05, 3.63) is 41.5 Å². The Morgan fingerprint density at radius 3 is 2.69 bits per heavy atom. The highest BCUT2D eigenvalue weighted by molar-refractivity contribution is 5.83. The molecule has 3 rings (SSSR count). The van der Waals surface area contributed by atoms with Crippen LogP contribution in [-0.4, -0.2) is 24.2 Å². The number of rotatable bonds is 4. The minimum absolute atomic E-state index is 0.0434. The summed E-state index contributed by atoms with van der Waals surface area (Å²) in [5, 5.41) is 10.1. The first-order valence-electron chi connectivity index (χ1n) is 9.34. The van der Waals surface area contributed by atoms with E-state index >= 15 is 0 Å². The second kappa shape index (κ2) is 6.57. The zero-order chi connectivity index (χ0) is 19.1. The molecule has 0 radical (unpaired) electrons. The lowest BCUT2D eigenvalue weighted by atomic mass is 9.48. The third kappa shape index (κ3) is 2.76. The molecule has 1 fully saturated rings. The molecule has 140 valence electrons. The normalized spacial score (nSPS) is 30.0. The summed E-state index contributed by atoms with van der Waals surface area (Å²) in [6.07, 6.45) is 3.87. The van der Waals surface area contributed by atoms with Crippen molar-refractivity contribution < 1.29 is 19.4 Å². The van der Waals surface area contributed by atoms with Crippen molar-refractivity contribution >= 4 is 17.5 Å². The van der Waals surface area contributed by atoms with E-state index in [1.54, 1.807) is 0 Å². The second-order valence-electron chi connectivity index (χ2n) is 8.23. The third-order valence-corrected chi connectivity index (χ3v) is 6.78. The lowest BCUT2D eigenvalue weighted by molar-refractivity contribution is -0.167. The standard InChI is InChI=1S/C22H28O4/c1-14(2)15-6-8-17-16(12-15)7-9-18-21(17,3)10-5-11-22(18,20(24)25)13-19(23)26-4/h6,8,12,18H,1,5,7,9-11,13H2,2-4H3,(H,24,25)/t18-,21-,22+/m1/s1. The van der Waals surface area contributed by atoms with Crippen molar-refractivity contribution in [2.45, 2.75) is 57.8 Å². The molecule has 2 aliphatic rings. The van der Waals surface area contributed by atoms with Gasteiger partial charge in [0.25, 0.3) is 0 Å². The second-order valence-corrected chi connectivity index (χ2v) is 8.23. The van der Waals surface area contributed by atoms with Gasteiger partial charge in [0.2, 0.25) is 0 Å². The molecule has 1 saturated carbocycles. The monoisotopic (exact) mass is 356 g/mol. The molecular formula is C22H28O4. The number of carboxylic acid groups (broad SMARTS) is 1. The lowest BCUT2D eigenvalue weighted by Gasteiger charge is -2.54. The van der Waals surface area contributed by atoms with Gasteiger partial charge in [-0.1, -0.05) is 43.7 Å². The Labute approximate surface area is 155 Å². The first-order valence-corrected chi connectivity index (χ1v) is 9.34. The Kier molecular flexibility index (Phi) is 4.72. The summed E-state index contributed by atoms with van der Waals surface area (Å²) in [5.74, 6) is -1.36. The Hall–Kier alpha value is -2.10. The molecule has 4 nitrogen and oxygen atoms in total. The number of hydrogen-bond acceptors (Lipinski definition) is 3. The summed E-state index contributed by atoms with van der Waals surface area (Å²) in [7, 11) is 1.33. The summed E-state index contributed by atoms with van der Waals surface area (Å²) in [4.78, 5) is 24.4. The number of methoxy groups -OCH3 is 1. The van der Waals surface area contributed by atoms with Crippen LogP contribution in [0.5, 0.6) is 0 Å². The van der Waals surface area contributed by atoms with Gasteiger partial charge in [-0.15, -0.1) is 0 Å². The fourth-order valence-corrected chi connectivity index (χ4v) is 5.44. The van der Waals surface area contributed by atoms with Crippen LogP contribution < -0.4 is 0 Å². The van der Waals surface area contributed by atoms with Gasteiger partial charge in [0.15, 0.2) is 0 Å². The van der Waals surface area contributed by atoms with Gasteiger partial charge in [-0.2, -0.15) is 0 Å². The summed E-state index contributed by atoms with van der Waals surface area (Å²) >= 11 is 0. The highest BCUT2D eigenvalue weighted by atomic mass is 16.5. The number of allylic oxidation sites excluding steroid dienone is 1. The predicted molar refractivity (Wildman–Crippen MR) is 101 cm³/mol. The molecular weight excluding hydrogens is 328 g/mol. The number of fused-ring (bicyclic) bond motifs is 3. The van der Waals surface area contributed by atoms with Crippen LogP contribution in [0.25, 0.3) is 5.57 Å². The topological polar surface area (TPSA) is 63.6 Å². The fourth-order valence-electron chi connectivity index (χ4n) is 5.44. The number of ether oxygens (including phenoxy) is 1. The van der Waals surface area contributed by atoms with Crippen LogP contribution in [0.1, 0.15) is 62.6 Å². The summed E-state index contributed by atoms with van der Waals surface area (Å²) in [5.41, 5.74) is 3.45. The molecule has 1 N–H and O–H groups in total. The average molecular weight is 356 g/mol. The highest BCUT2D eigenvalue weighted by Gasteiger charge is 2.58. The smallest absolute Gasteiger partial charge is 0.310 e. The van der Waals surface area contributed by atoms with Gasteiger partial charge in [0, 0.05) is 0 Å². The van der Waals surface area contributed by atoms with Crippen molar-refractivity contribution in [1.82, 2.24) is 0 Å². The van der Waals surface area contributed by atoms with Gasteiger partial charge >= 0.3 is 11.9 Å². The van der Waals surface area contributed by atoms with Crippen LogP contribution in [0.3, 0.4) is 0 Å². The molecule has 0 spiro atoms. The minimum atomic E-state index is -1.04. The van der Waals surface area contributed by atoms with E-state index in [9.17, 15) is 14.7 Å². The summed E-state index contributed by atoms with van der Waals surface area (Å²) in [6, 6.07) is 6.45.